The van der Waals surface area contributed by atoms with Gasteiger partial charge in [0.15, 0.2) is 0 Å². The van der Waals surface area contributed by atoms with Gasteiger partial charge in [-0.05, 0) is 32.6 Å². The smallest absolute Gasteiger partial charge is 0.306 e. The Bertz CT molecular complexity index is 505. The lowest BCUT2D eigenvalue weighted by Gasteiger charge is -2.29. The van der Waals surface area contributed by atoms with E-state index in [2.05, 4.69) is 11.9 Å². The Morgan fingerprint density at radius 3 is 2.60 bits per heavy atom. The van der Waals surface area contributed by atoms with Crippen molar-refractivity contribution in [2.45, 2.75) is 39.5 Å². The van der Waals surface area contributed by atoms with E-state index in [1.807, 2.05) is 6.92 Å². The summed E-state index contributed by atoms with van der Waals surface area (Å²) in [6.45, 7) is 5.01. The summed E-state index contributed by atoms with van der Waals surface area (Å²) in [5.74, 6) is -1.06. The molecule has 0 saturated carbocycles. The number of aliphatic carboxylic acids is 1. The number of carboxylic acid groups (broad SMARTS) is 1. The van der Waals surface area contributed by atoms with Crippen molar-refractivity contribution < 1.29 is 14.7 Å². The van der Waals surface area contributed by atoms with Crippen LogP contribution < -0.4 is 0 Å². The number of aromatic nitrogens is 1. The zero-order chi connectivity index (χ0) is 14.7. The van der Waals surface area contributed by atoms with Gasteiger partial charge in [0, 0.05) is 13.1 Å². The van der Waals surface area contributed by atoms with Crippen LogP contribution in [0.15, 0.2) is 0 Å². The fraction of sp³-hybridized carbons (Fsp3) is 0.643. The van der Waals surface area contributed by atoms with Gasteiger partial charge in [-0.2, -0.15) is 0 Å². The van der Waals surface area contributed by atoms with Crippen LogP contribution in [-0.2, 0) is 11.2 Å². The largest absolute Gasteiger partial charge is 0.481 e. The van der Waals surface area contributed by atoms with Crippen LogP contribution in [0.1, 0.15) is 46.6 Å². The number of hydrogen-bond donors (Lipinski definition) is 1. The molecular formula is C14H20N2O3S. The summed E-state index contributed by atoms with van der Waals surface area (Å²) in [7, 11) is 0. The summed E-state index contributed by atoms with van der Waals surface area (Å²) < 4.78 is 0. The van der Waals surface area contributed by atoms with Gasteiger partial charge in [0.05, 0.1) is 16.6 Å². The van der Waals surface area contributed by atoms with E-state index in [0.717, 1.165) is 23.5 Å². The maximum atomic E-state index is 12.5. The molecule has 1 amide bonds. The van der Waals surface area contributed by atoms with Crippen LogP contribution in [0, 0.1) is 12.8 Å². The van der Waals surface area contributed by atoms with E-state index in [4.69, 9.17) is 5.11 Å². The SMILES string of the molecule is CCCc1nc(C)c(C(=O)N2CCC(C(=O)O)CC2)s1. The number of carbonyl (C=O) groups is 2. The van der Waals surface area contributed by atoms with E-state index in [1.165, 1.54) is 11.3 Å². The van der Waals surface area contributed by atoms with Crippen molar-refractivity contribution in [3.63, 3.8) is 0 Å². The Balaban J connectivity index is 2.03. The molecule has 110 valence electrons. The van der Waals surface area contributed by atoms with Gasteiger partial charge in [0.25, 0.3) is 5.91 Å². The standard InChI is InChI=1S/C14H20N2O3S/c1-3-4-11-15-9(2)12(20-11)13(17)16-7-5-10(6-8-16)14(18)19/h10H,3-8H2,1-2H3,(H,18,19). The molecule has 1 N–H and O–H groups in total. The number of likely N-dealkylation sites (tertiary alicyclic amines) is 1. The fourth-order valence-electron chi connectivity index (χ4n) is 2.44. The molecule has 1 saturated heterocycles. The molecule has 0 atom stereocenters. The maximum Gasteiger partial charge on any atom is 0.306 e. The first kappa shape index (κ1) is 15.0. The van der Waals surface area contributed by atoms with Crippen molar-refractivity contribution in [2.24, 2.45) is 5.92 Å². The third-order valence-electron chi connectivity index (χ3n) is 3.63. The Hall–Kier alpha value is -1.43. The van der Waals surface area contributed by atoms with Crippen molar-refractivity contribution in [1.82, 2.24) is 9.88 Å². The molecule has 1 aromatic rings. The second kappa shape index (κ2) is 6.35. The highest BCUT2D eigenvalue weighted by atomic mass is 32.1. The van der Waals surface area contributed by atoms with E-state index in [-0.39, 0.29) is 11.8 Å². The first-order valence-corrected chi connectivity index (χ1v) is 7.83. The topological polar surface area (TPSA) is 70.5 Å². The second-order valence-electron chi connectivity index (χ2n) is 5.18. The van der Waals surface area contributed by atoms with Crippen LogP contribution in [0.2, 0.25) is 0 Å². The van der Waals surface area contributed by atoms with Gasteiger partial charge in [-0.25, -0.2) is 4.98 Å². The van der Waals surface area contributed by atoms with Gasteiger partial charge in [-0.15, -0.1) is 11.3 Å². The molecule has 0 aliphatic carbocycles. The summed E-state index contributed by atoms with van der Waals surface area (Å²) >= 11 is 1.47. The lowest BCUT2D eigenvalue weighted by molar-refractivity contribution is -0.143. The highest BCUT2D eigenvalue weighted by Crippen LogP contribution is 2.24. The number of rotatable bonds is 4. The monoisotopic (exact) mass is 296 g/mol. The summed E-state index contributed by atoms with van der Waals surface area (Å²) in [4.78, 5) is 30.3. The van der Waals surface area contributed by atoms with Crippen LogP contribution in [0.25, 0.3) is 0 Å². The Labute approximate surface area is 122 Å². The molecule has 5 nitrogen and oxygen atoms in total. The molecule has 0 aromatic carbocycles. The average Bonchev–Trinajstić information content (AvgIpc) is 2.79. The zero-order valence-corrected chi connectivity index (χ0v) is 12.7. The molecule has 1 aliphatic rings. The van der Waals surface area contributed by atoms with E-state index in [0.29, 0.717) is 30.8 Å². The average molecular weight is 296 g/mol. The van der Waals surface area contributed by atoms with E-state index < -0.39 is 5.97 Å². The minimum Gasteiger partial charge on any atom is -0.481 e. The minimum atomic E-state index is -0.753. The number of amides is 1. The summed E-state index contributed by atoms with van der Waals surface area (Å²) in [5.41, 5.74) is 0.795. The van der Waals surface area contributed by atoms with Crippen molar-refractivity contribution in [2.75, 3.05) is 13.1 Å². The molecule has 6 heteroatoms. The van der Waals surface area contributed by atoms with Crippen molar-refractivity contribution in [3.05, 3.63) is 15.6 Å². The van der Waals surface area contributed by atoms with Crippen molar-refractivity contribution >= 4 is 23.2 Å². The predicted octanol–water partition coefficient (Wildman–Crippen LogP) is 2.34. The number of nitrogens with zero attached hydrogens (tertiary/aromatic N) is 2. The lowest BCUT2D eigenvalue weighted by atomic mass is 9.97. The second-order valence-corrected chi connectivity index (χ2v) is 6.26. The molecule has 1 aliphatic heterocycles. The van der Waals surface area contributed by atoms with Gasteiger partial charge in [-0.3, -0.25) is 9.59 Å². The molecule has 1 aromatic heterocycles. The number of carboxylic acids is 1. The molecule has 2 rings (SSSR count). The van der Waals surface area contributed by atoms with Crippen LogP contribution in [0.4, 0.5) is 0 Å². The normalized spacial score (nSPS) is 16.4. The van der Waals surface area contributed by atoms with E-state index in [1.54, 1.807) is 4.90 Å². The molecule has 2 heterocycles. The van der Waals surface area contributed by atoms with Crippen molar-refractivity contribution in [1.29, 1.82) is 0 Å². The first-order chi connectivity index (χ1) is 9.52. The molecule has 0 spiro atoms. The summed E-state index contributed by atoms with van der Waals surface area (Å²) in [5, 5.41) is 9.98. The van der Waals surface area contributed by atoms with E-state index >= 15 is 0 Å². The van der Waals surface area contributed by atoms with Crippen LogP contribution in [0.5, 0.6) is 0 Å². The Kier molecular flexibility index (Phi) is 4.75. The third kappa shape index (κ3) is 3.17. The third-order valence-corrected chi connectivity index (χ3v) is 4.84. The molecule has 20 heavy (non-hydrogen) atoms. The van der Waals surface area contributed by atoms with Gasteiger partial charge < -0.3 is 10.0 Å². The first-order valence-electron chi connectivity index (χ1n) is 7.01. The maximum absolute atomic E-state index is 12.5. The molecular weight excluding hydrogens is 276 g/mol. The summed E-state index contributed by atoms with van der Waals surface area (Å²) in [6.07, 6.45) is 3.01. The van der Waals surface area contributed by atoms with Crippen LogP contribution >= 0.6 is 11.3 Å². The number of hydrogen-bond acceptors (Lipinski definition) is 4. The number of piperidine rings is 1. The fourth-order valence-corrected chi connectivity index (χ4v) is 3.58. The number of thiazole rings is 1. The van der Waals surface area contributed by atoms with Gasteiger partial charge in [-0.1, -0.05) is 6.92 Å². The predicted molar refractivity (Wildman–Crippen MR) is 77.1 cm³/mol. The Morgan fingerprint density at radius 1 is 1.40 bits per heavy atom. The Morgan fingerprint density at radius 2 is 2.05 bits per heavy atom. The quantitative estimate of drug-likeness (QED) is 0.926. The molecule has 0 radical (unpaired) electrons. The zero-order valence-electron chi connectivity index (χ0n) is 11.9. The highest BCUT2D eigenvalue weighted by Gasteiger charge is 2.29. The van der Waals surface area contributed by atoms with Crippen LogP contribution in [-0.4, -0.2) is 40.0 Å². The molecule has 1 fully saturated rings. The van der Waals surface area contributed by atoms with E-state index in [9.17, 15) is 9.59 Å². The summed E-state index contributed by atoms with van der Waals surface area (Å²) in [6, 6.07) is 0. The minimum absolute atomic E-state index is 0.00573. The molecule has 0 unspecified atom stereocenters. The highest BCUT2D eigenvalue weighted by molar-refractivity contribution is 7.13. The van der Waals surface area contributed by atoms with Crippen molar-refractivity contribution in [3.8, 4) is 0 Å². The van der Waals surface area contributed by atoms with Gasteiger partial charge >= 0.3 is 5.97 Å². The number of carbonyl (C=O) groups excluding carboxylic acids is 1. The van der Waals surface area contributed by atoms with Gasteiger partial charge in [0.1, 0.15) is 4.88 Å². The number of aryl methyl sites for hydroxylation is 2. The lowest BCUT2D eigenvalue weighted by Crippen LogP contribution is -2.40. The van der Waals surface area contributed by atoms with Crippen LogP contribution in [0.3, 0.4) is 0 Å². The molecule has 0 bridgehead atoms. The van der Waals surface area contributed by atoms with Gasteiger partial charge in [0.2, 0.25) is 0 Å².